The van der Waals surface area contributed by atoms with E-state index in [4.69, 9.17) is 4.74 Å². The van der Waals surface area contributed by atoms with Gasteiger partial charge in [-0.25, -0.2) is 0 Å². The van der Waals surface area contributed by atoms with Gasteiger partial charge in [0.15, 0.2) is 0 Å². The van der Waals surface area contributed by atoms with Crippen LogP contribution < -0.4 is 0 Å². The summed E-state index contributed by atoms with van der Waals surface area (Å²) in [5, 5.41) is 0. The van der Waals surface area contributed by atoms with Crippen LogP contribution in [-0.4, -0.2) is 38.6 Å². The zero-order valence-corrected chi connectivity index (χ0v) is 7.92. The first kappa shape index (κ1) is 6.39. The third-order valence-corrected chi connectivity index (χ3v) is 1.70. The molecule has 0 unspecified atom stereocenters. The van der Waals surface area contributed by atoms with Gasteiger partial charge in [-0.05, 0) is 0 Å². The number of aliphatic imine (C=N–C) groups is 1. The predicted molar refractivity (Wildman–Crippen MR) is 33.2 cm³/mol. The van der Waals surface area contributed by atoms with Crippen LogP contribution in [0.2, 0.25) is 0 Å². The van der Waals surface area contributed by atoms with Crippen molar-refractivity contribution in [1.82, 2.24) is 0 Å². The number of ether oxygens (including phenoxy) is 1. The van der Waals surface area contributed by atoms with E-state index in [-0.39, 0.29) is 5.54 Å². The minimum atomic E-state index is 0.0543. The van der Waals surface area contributed by atoms with E-state index in [0.29, 0.717) is 0 Å². The quantitative estimate of drug-likeness (QED) is 0.535. The summed E-state index contributed by atoms with van der Waals surface area (Å²) >= 11 is 1.28. The van der Waals surface area contributed by atoms with E-state index >= 15 is 0 Å². The molecule has 0 amide bonds. The fourth-order valence-electron chi connectivity index (χ4n) is 0.584. The maximum atomic E-state index is 5.16. The molecule has 0 N–H and O–H groups in total. The zero-order chi connectivity index (χ0) is 6.20. The van der Waals surface area contributed by atoms with Crippen molar-refractivity contribution >= 4 is 26.4 Å². The van der Waals surface area contributed by atoms with Gasteiger partial charge in [-0.1, -0.05) is 0 Å². The van der Waals surface area contributed by atoms with Gasteiger partial charge >= 0.3 is 62.2 Å². The first-order valence-electron chi connectivity index (χ1n) is 2.54. The van der Waals surface area contributed by atoms with Gasteiger partial charge in [-0.15, -0.1) is 0 Å². The van der Waals surface area contributed by atoms with Crippen LogP contribution in [0.5, 0.6) is 0 Å². The SMILES string of the molecule is CC1(C)CO[C]([Sn])=N1. The van der Waals surface area contributed by atoms with Gasteiger partial charge in [0.1, 0.15) is 0 Å². The molecule has 0 spiro atoms. The minimum absolute atomic E-state index is 0.0543. The molecule has 0 aromatic heterocycles. The molecular formula is C5H8NOSn. The van der Waals surface area contributed by atoms with Crippen LogP contribution in [0.3, 0.4) is 0 Å². The van der Waals surface area contributed by atoms with Gasteiger partial charge in [0.05, 0.1) is 0 Å². The molecule has 2 nitrogen and oxygen atoms in total. The Labute approximate surface area is 62.4 Å². The second-order valence-electron chi connectivity index (χ2n) is 2.52. The van der Waals surface area contributed by atoms with Crippen molar-refractivity contribution in [2.45, 2.75) is 19.4 Å². The molecule has 8 heavy (non-hydrogen) atoms. The van der Waals surface area contributed by atoms with E-state index in [1.165, 1.54) is 22.5 Å². The van der Waals surface area contributed by atoms with Gasteiger partial charge in [0.25, 0.3) is 0 Å². The van der Waals surface area contributed by atoms with Crippen LogP contribution in [-0.2, 0) is 4.74 Å². The normalized spacial score (nSPS) is 24.6. The van der Waals surface area contributed by atoms with Gasteiger partial charge in [0, 0.05) is 0 Å². The number of nitrogens with zero attached hydrogens (tertiary/aromatic N) is 1. The summed E-state index contributed by atoms with van der Waals surface area (Å²) in [7, 11) is 0. The fourth-order valence-corrected chi connectivity index (χ4v) is 1.65. The van der Waals surface area contributed by atoms with Crippen LogP contribution >= 0.6 is 0 Å². The molecule has 1 aliphatic rings. The molecule has 0 saturated heterocycles. The van der Waals surface area contributed by atoms with E-state index in [0.717, 1.165) is 10.5 Å². The van der Waals surface area contributed by atoms with Gasteiger partial charge in [-0.3, -0.25) is 0 Å². The van der Waals surface area contributed by atoms with Crippen LogP contribution in [0.15, 0.2) is 4.99 Å². The molecule has 0 bridgehead atoms. The second-order valence-corrected chi connectivity index (χ2v) is 3.74. The van der Waals surface area contributed by atoms with Gasteiger partial charge < -0.3 is 0 Å². The Morgan fingerprint density at radius 3 is 2.50 bits per heavy atom. The molecule has 3 heteroatoms. The van der Waals surface area contributed by atoms with Crippen molar-refractivity contribution in [1.29, 1.82) is 0 Å². The average Bonchev–Trinajstić information content (AvgIpc) is 1.82. The maximum absolute atomic E-state index is 5.16. The zero-order valence-electron chi connectivity index (χ0n) is 5.06. The third-order valence-electron chi connectivity index (χ3n) is 0.966. The van der Waals surface area contributed by atoms with Crippen molar-refractivity contribution in [2.75, 3.05) is 6.61 Å². The molecular weight excluding hydrogens is 209 g/mol. The third kappa shape index (κ3) is 1.37. The predicted octanol–water partition coefficient (Wildman–Crippen LogP) is 0.320. The Balaban J connectivity index is 2.67. The van der Waals surface area contributed by atoms with Gasteiger partial charge in [-0.2, -0.15) is 0 Å². The van der Waals surface area contributed by atoms with E-state index < -0.39 is 0 Å². The van der Waals surface area contributed by atoms with Crippen molar-refractivity contribution < 1.29 is 4.74 Å². The van der Waals surface area contributed by atoms with E-state index in [2.05, 4.69) is 18.8 Å². The molecule has 1 aliphatic heterocycles. The molecule has 0 fully saturated rings. The Kier molecular flexibility index (Phi) is 1.52. The van der Waals surface area contributed by atoms with Gasteiger partial charge in [0.2, 0.25) is 0 Å². The van der Waals surface area contributed by atoms with Crippen LogP contribution in [0.4, 0.5) is 0 Å². The summed E-state index contributed by atoms with van der Waals surface area (Å²) in [5.74, 6) is 0. The van der Waals surface area contributed by atoms with E-state index in [1.807, 2.05) is 0 Å². The summed E-state index contributed by atoms with van der Waals surface area (Å²) < 4.78 is 6.06. The van der Waals surface area contributed by atoms with Crippen LogP contribution in [0.1, 0.15) is 13.8 Å². The van der Waals surface area contributed by atoms with Crippen LogP contribution in [0.25, 0.3) is 0 Å². The molecule has 3 radical (unpaired) electrons. The second kappa shape index (κ2) is 1.90. The summed E-state index contributed by atoms with van der Waals surface area (Å²) in [6, 6.07) is 0. The molecule has 43 valence electrons. The van der Waals surface area contributed by atoms with Crippen molar-refractivity contribution in [2.24, 2.45) is 4.99 Å². The topological polar surface area (TPSA) is 21.6 Å². The number of hydrogen-bond acceptors (Lipinski definition) is 2. The molecule has 0 aromatic carbocycles. The molecule has 1 rings (SSSR count). The molecule has 0 aliphatic carbocycles. The van der Waals surface area contributed by atoms with Crippen LogP contribution in [0, 0.1) is 0 Å². The number of hydrogen-bond donors (Lipinski definition) is 0. The standard InChI is InChI=1S/C5H8NO.Sn/c1-5(2)3-7-4-6-5;/h3H2,1-2H3;. The van der Waals surface area contributed by atoms with E-state index in [1.54, 1.807) is 0 Å². The molecule has 0 aromatic rings. The summed E-state index contributed by atoms with van der Waals surface area (Å²) in [6.07, 6.45) is 0. The summed E-state index contributed by atoms with van der Waals surface area (Å²) in [4.78, 5) is 4.26. The first-order valence-corrected chi connectivity index (χ1v) is 3.97. The van der Waals surface area contributed by atoms with Crippen molar-refractivity contribution in [3.05, 3.63) is 0 Å². The fraction of sp³-hybridized carbons (Fsp3) is 0.800. The molecule has 1 heterocycles. The average molecular weight is 217 g/mol. The van der Waals surface area contributed by atoms with Crippen molar-refractivity contribution in [3.63, 3.8) is 0 Å². The Morgan fingerprint density at radius 2 is 2.38 bits per heavy atom. The Hall–Kier alpha value is 0.269. The monoisotopic (exact) mass is 218 g/mol. The van der Waals surface area contributed by atoms with E-state index in [9.17, 15) is 0 Å². The summed E-state index contributed by atoms with van der Waals surface area (Å²) in [6.45, 7) is 4.90. The number of rotatable bonds is 0. The van der Waals surface area contributed by atoms with Crippen molar-refractivity contribution in [3.8, 4) is 0 Å². The Morgan fingerprint density at radius 1 is 1.75 bits per heavy atom. The summed E-state index contributed by atoms with van der Waals surface area (Å²) in [5.41, 5.74) is 0.0543. The molecule has 0 saturated carbocycles. The first-order chi connectivity index (χ1) is 3.60. The molecule has 0 atom stereocenters. The Bertz CT molecular complexity index is 130.